The van der Waals surface area contributed by atoms with E-state index >= 15 is 0 Å². The molecule has 25 heavy (non-hydrogen) atoms. The third kappa shape index (κ3) is 4.16. The van der Waals surface area contributed by atoms with Crippen molar-refractivity contribution in [3.8, 4) is 0 Å². The molecule has 0 spiro atoms. The quantitative estimate of drug-likeness (QED) is 0.617. The molecule has 1 aromatic rings. The average Bonchev–Trinajstić information content (AvgIpc) is 2.91. The summed E-state index contributed by atoms with van der Waals surface area (Å²) in [4.78, 5) is 26.2. The molecular formula is C16H26N6O3. The Kier molecular flexibility index (Phi) is 5.98. The summed E-state index contributed by atoms with van der Waals surface area (Å²) in [6.07, 6.45) is 5.85. The number of anilines is 2. The molecule has 0 saturated carbocycles. The zero-order valence-electron chi connectivity index (χ0n) is 14.5. The lowest BCUT2D eigenvalue weighted by molar-refractivity contribution is -0.383. The summed E-state index contributed by atoms with van der Waals surface area (Å²) in [5.41, 5.74) is 0.0278. The van der Waals surface area contributed by atoms with E-state index in [9.17, 15) is 10.1 Å². The number of aromatic nitrogens is 2. The summed E-state index contributed by atoms with van der Waals surface area (Å²) < 4.78 is 0. The molecule has 9 nitrogen and oxygen atoms in total. The van der Waals surface area contributed by atoms with Gasteiger partial charge in [0.2, 0.25) is 11.6 Å². The van der Waals surface area contributed by atoms with E-state index in [0.717, 1.165) is 51.9 Å². The standard InChI is InChI=1S/C16H26N6O3/c23-12-11-19-7-9-21(10-8-19)16-14(22(24)25)15(17-13-18-16)20-5-3-1-2-4-6-20/h13,23H,1-12H2. The first-order chi connectivity index (χ1) is 12.2. The maximum absolute atomic E-state index is 11.8. The minimum Gasteiger partial charge on any atom is -0.395 e. The van der Waals surface area contributed by atoms with Crippen LogP contribution in [0.15, 0.2) is 6.33 Å². The number of aliphatic hydroxyl groups excluding tert-OH is 1. The summed E-state index contributed by atoms with van der Waals surface area (Å²) in [5, 5.41) is 20.9. The minimum absolute atomic E-state index is 0.0278. The Bertz CT molecular complexity index is 583. The molecule has 0 radical (unpaired) electrons. The molecule has 1 aromatic heterocycles. The van der Waals surface area contributed by atoms with Gasteiger partial charge in [-0.25, -0.2) is 9.97 Å². The fraction of sp³-hybridized carbons (Fsp3) is 0.750. The first-order valence-electron chi connectivity index (χ1n) is 9.03. The number of nitro groups is 1. The van der Waals surface area contributed by atoms with Crippen LogP contribution in [-0.2, 0) is 0 Å². The van der Waals surface area contributed by atoms with Crippen LogP contribution >= 0.6 is 0 Å². The second kappa shape index (κ2) is 8.39. The van der Waals surface area contributed by atoms with Crippen LogP contribution in [0.5, 0.6) is 0 Å². The number of hydrogen-bond acceptors (Lipinski definition) is 8. The van der Waals surface area contributed by atoms with E-state index in [0.29, 0.717) is 31.3 Å². The number of hydrogen-bond donors (Lipinski definition) is 1. The van der Waals surface area contributed by atoms with Gasteiger partial charge in [0.05, 0.1) is 11.5 Å². The van der Waals surface area contributed by atoms with Crippen LogP contribution in [-0.4, -0.2) is 77.3 Å². The third-order valence-electron chi connectivity index (χ3n) is 4.96. The highest BCUT2D eigenvalue weighted by Crippen LogP contribution is 2.35. The first kappa shape index (κ1) is 17.8. The number of piperazine rings is 1. The van der Waals surface area contributed by atoms with Crippen molar-refractivity contribution in [1.82, 2.24) is 14.9 Å². The van der Waals surface area contributed by atoms with Gasteiger partial charge < -0.3 is 14.9 Å². The molecule has 0 aliphatic carbocycles. The predicted molar refractivity (Wildman–Crippen MR) is 95.1 cm³/mol. The van der Waals surface area contributed by atoms with E-state index in [1.165, 1.54) is 6.33 Å². The maximum atomic E-state index is 11.8. The predicted octanol–water partition coefficient (Wildman–Crippen LogP) is 0.879. The van der Waals surface area contributed by atoms with Gasteiger partial charge in [-0.05, 0) is 12.8 Å². The SMILES string of the molecule is O=[N+]([O-])c1c(N2CCCCCC2)ncnc1N1CCN(CCO)CC1. The van der Waals surface area contributed by atoms with Crippen molar-refractivity contribution in [2.75, 3.05) is 62.2 Å². The molecule has 3 rings (SSSR count). The van der Waals surface area contributed by atoms with E-state index in [1.807, 2.05) is 9.80 Å². The van der Waals surface area contributed by atoms with Gasteiger partial charge in [0.15, 0.2) is 0 Å². The van der Waals surface area contributed by atoms with Crippen molar-refractivity contribution in [1.29, 1.82) is 0 Å². The molecule has 2 saturated heterocycles. The van der Waals surface area contributed by atoms with E-state index in [4.69, 9.17) is 5.11 Å². The summed E-state index contributed by atoms with van der Waals surface area (Å²) in [7, 11) is 0. The van der Waals surface area contributed by atoms with Gasteiger partial charge in [-0.1, -0.05) is 12.8 Å². The highest BCUT2D eigenvalue weighted by Gasteiger charge is 2.31. The highest BCUT2D eigenvalue weighted by atomic mass is 16.6. The van der Waals surface area contributed by atoms with Crippen molar-refractivity contribution in [2.24, 2.45) is 0 Å². The van der Waals surface area contributed by atoms with Crippen molar-refractivity contribution >= 4 is 17.3 Å². The lowest BCUT2D eigenvalue weighted by Crippen LogP contribution is -2.47. The van der Waals surface area contributed by atoms with Crippen molar-refractivity contribution < 1.29 is 10.0 Å². The van der Waals surface area contributed by atoms with E-state index in [1.54, 1.807) is 0 Å². The molecule has 0 unspecified atom stereocenters. The zero-order chi connectivity index (χ0) is 17.6. The van der Waals surface area contributed by atoms with E-state index in [2.05, 4.69) is 14.9 Å². The lowest BCUT2D eigenvalue weighted by atomic mass is 10.2. The molecule has 0 aromatic carbocycles. The topological polar surface area (TPSA) is 98.9 Å². The van der Waals surface area contributed by atoms with Gasteiger partial charge in [-0.3, -0.25) is 15.0 Å². The van der Waals surface area contributed by atoms with Crippen molar-refractivity contribution in [3.63, 3.8) is 0 Å². The van der Waals surface area contributed by atoms with Gasteiger partial charge in [-0.2, -0.15) is 0 Å². The van der Waals surface area contributed by atoms with Crippen LogP contribution in [0.2, 0.25) is 0 Å². The molecule has 3 heterocycles. The molecule has 0 amide bonds. The Hall–Kier alpha value is -2.00. The van der Waals surface area contributed by atoms with Gasteiger partial charge in [0.1, 0.15) is 6.33 Å². The van der Waals surface area contributed by atoms with Crippen LogP contribution in [0, 0.1) is 10.1 Å². The second-order valence-electron chi connectivity index (χ2n) is 6.58. The fourth-order valence-electron chi connectivity index (χ4n) is 3.59. The molecule has 0 atom stereocenters. The molecule has 2 fully saturated rings. The highest BCUT2D eigenvalue weighted by molar-refractivity contribution is 5.71. The van der Waals surface area contributed by atoms with E-state index in [-0.39, 0.29) is 17.2 Å². The number of aliphatic hydroxyl groups is 1. The lowest BCUT2D eigenvalue weighted by Gasteiger charge is -2.35. The summed E-state index contributed by atoms with van der Waals surface area (Å²) >= 11 is 0. The van der Waals surface area contributed by atoms with Crippen molar-refractivity contribution in [3.05, 3.63) is 16.4 Å². The summed E-state index contributed by atoms with van der Waals surface area (Å²) in [5.74, 6) is 0.873. The molecule has 9 heteroatoms. The third-order valence-corrected chi connectivity index (χ3v) is 4.96. The van der Waals surface area contributed by atoms with Crippen LogP contribution in [0.25, 0.3) is 0 Å². The number of nitrogens with zero attached hydrogens (tertiary/aromatic N) is 6. The van der Waals surface area contributed by atoms with Gasteiger partial charge >= 0.3 is 5.69 Å². The first-order valence-corrected chi connectivity index (χ1v) is 9.03. The molecule has 2 aliphatic rings. The van der Waals surface area contributed by atoms with Crippen LogP contribution in [0.4, 0.5) is 17.3 Å². The Morgan fingerprint density at radius 1 is 0.960 bits per heavy atom. The monoisotopic (exact) mass is 350 g/mol. The second-order valence-corrected chi connectivity index (χ2v) is 6.58. The van der Waals surface area contributed by atoms with E-state index < -0.39 is 0 Å². The van der Waals surface area contributed by atoms with Gasteiger partial charge in [0, 0.05) is 45.8 Å². The summed E-state index contributed by atoms with van der Waals surface area (Å²) in [6.45, 7) is 5.24. The van der Waals surface area contributed by atoms with Gasteiger partial charge in [-0.15, -0.1) is 0 Å². The largest absolute Gasteiger partial charge is 0.395 e. The molecule has 0 bridgehead atoms. The number of β-amino-alcohol motifs (C(OH)–C–C–N with tert-alkyl or cyclic N) is 1. The Morgan fingerprint density at radius 2 is 1.52 bits per heavy atom. The molecule has 2 aliphatic heterocycles. The van der Waals surface area contributed by atoms with Crippen LogP contribution in [0.3, 0.4) is 0 Å². The van der Waals surface area contributed by atoms with Crippen molar-refractivity contribution in [2.45, 2.75) is 25.7 Å². The smallest absolute Gasteiger partial charge is 0.353 e. The summed E-state index contributed by atoms with van der Waals surface area (Å²) in [6, 6.07) is 0. The van der Waals surface area contributed by atoms with Crippen LogP contribution < -0.4 is 9.80 Å². The normalized spacial score (nSPS) is 19.7. The molecule has 1 N–H and O–H groups in total. The Balaban J connectivity index is 1.84. The minimum atomic E-state index is -0.338. The fourth-order valence-corrected chi connectivity index (χ4v) is 3.59. The molecule has 138 valence electrons. The maximum Gasteiger partial charge on any atom is 0.353 e. The number of rotatable bonds is 5. The van der Waals surface area contributed by atoms with Crippen LogP contribution in [0.1, 0.15) is 25.7 Å². The zero-order valence-corrected chi connectivity index (χ0v) is 14.5. The Labute approximate surface area is 147 Å². The average molecular weight is 350 g/mol. The molecular weight excluding hydrogens is 324 g/mol. The van der Waals surface area contributed by atoms with Gasteiger partial charge in [0.25, 0.3) is 0 Å². The Morgan fingerprint density at radius 3 is 2.04 bits per heavy atom.